The third-order valence-electron chi connectivity index (χ3n) is 4.59. The predicted molar refractivity (Wildman–Crippen MR) is 86.0 cm³/mol. The zero-order chi connectivity index (χ0) is 14.0. The van der Waals surface area contributed by atoms with Gasteiger partial charge in [0.25, 0.3) is 0 Å². The molecule has 4 rings (SSSR count). The summed E-state index contributed by atoms with van der Waals surface area (Å²) in [5, 5.41) is 2.67. The molecule has 0 N–H and O–H groups in total. The first-order chi connectivity index (χ1) is 9.58. The molecule has 0 aliphatic heterocycles. The van der Waals surface area contributed by atoms with Crippen LogP contribution < -0.4 is 5.19 Å². The highest BCUT2D eigenvalue weighted by molar-refractivity contribution is 6.35. The molecule has 0 saturated carbocycles. The number of fused-ring (bicyclic) bond motifs is 5. The molecule has 0 unspecified atom stereocenters. The van der Waals surface area contributed by atoms with E-state index in [9.17, 15) is 0 Å². The number of rotatable bonds is 0. The molecule has 97 valence electrons. The van der Waals surface area contributed by atoms with Crippen molar-refractivity contribution in [1.29, 1.82) is 0 Å². The molecule has 3 radical (unpaired) electrons. The molecule has 1 aliphatic rings. The lowest BCUT2D eigenvalue weighted by atomic mass is 10.0. The topological polar surface area (TPSA) is 4.93 Å². The first-order valence-electron chi connectivity index (χ1n) is 7.00. The van der Waals surface area contributed by atoms with Gasteiger partial charge >= 0.3 is 0 Å². The average Bonchev–Trinajstić information content (AvgIpc) is 2.92. The van der Waals surface area contributed by atoms with E-state index in [0.29, 0.717) is 0 Å². The molecule has 0 bridgehead atoms. The maximum atomic E-state index is 3.82. The SMILES string of the molecule is Cc1ccc2c(c1)c1c(n2C)-c2ccc(C)c([Si])c2C1. The minimum atomic E-state index is 1.03. The minimum absolute atomic E-state index is 1.03. The van der Waals surface area contributed by atoms with Crippen LogP contribution in [0.15, 0.2) is 30.3 Å². The zero-order valence-electron chi connectivity index (χ0n) is 12.0. The lowest BCUT2D eigenvalue weighted by Gasteiger charge is -2.10. The van der Waals surface area contributed by atoms with Crippen molar-refractivity contribution < 1.29 is 0 Å². The third kappa shape index (κ3) is 1.37. The number of aryl methyl sites for hydroxylation is 3. The summed E-state index contributed by atoms with van der Waals surface area (Å²) in [6.07, 6.45) is 1.03. The maximum absolute atomic E-state index is 3.82. The standard InChI is InChI=1S/C18H16NSi/c1-10-4-7-16-13(8-10)14-9-15-12(17(14)19(16)3)6-5-11(2)18(15)20/h4-8H,9H2,1-3H3. The Morgan fingerprint density at radius 1 is 1.05 bits per heavy atom. The molecular weight excluding hydrogens is 258 g/mol. The van der Waals surface area contributed by atoms with Crippen LogP contribution in [-0.4, -0.2) is 14.8 Å². The zero-order valence-corrected chi connectivity index (χ0v) is 13.0. The fraction of sp³-hybridized carbons (Fsp3) is 0.222. The van der Waals surface area contributed by atoms with Gasteiger partial charge < -0.3 is 4.57 Å². The fourth-order valence-corrected chi connectivity index (χ4v) is 3.81. The molecule has 20 heavy (non-hydrogen) atoms. The Hall–Kier alpha value is -1.80. The normalized spacial score (nSPS) is 12.8. The van der Waals surface area contributed by atoms with Crippen LogP contribution >= 0.6 is 0 Å². The molecule has 1 aliphatic carbocycles. The maximum Gasteiger partial charge on any atom is 0.0719 e. The first-order valence-corrected chi connectivity index (χ1v) is 7.50. The Kier molecular flexibility index (Phi) is 2.31. The van der Waals surface area contributed by atoms with Gasteiger partial charge in [0, 0.05) is 29.9 Å². The Balaban J connectivity index is 2.11. The summed E-state index contributed by atoms with van der Waals surface area (Å²) >= 11 is 0. The molecule has 0 saturated heterocycles. The van der Waals surface area contributed by atoms with Crippen LogP contribution in [0.1, 0.15) is 22.3 Å². The lowest BCUT2D eigenvalue weighted by molar-refractivity contribution is 0.978. The second kappa shape index (κ2) is 3.86. The monoisotopic (exact) mass is 274 g/mol. The molecule has 1 heterocycles. The van der Waals surface area contributed by atoms with Gasteiger partial charge in [0.15, 0.2) is 0 Å². The summed E-state index contributed by atoms with van der Waals surface area (Å²) in [4.78, 5) is 0. The van der Waals surface area contributed by atoms with Crippen molar-refractivity contribution in [2.45, 2.75) is 20.3 Å². The minimum Gasteiger partial charge on any atom is -0.343 e. The molecule has 0 fully saturated rings. The van der Waals surface area contributed by atoms with Crippen LogP contribution in [0.5, 0.6) is 0 Å². The first kappa shape index (κ1) is 12.0. The van der Waals surface area contributed by atoms with E-state index in [1.54, 1.807) is 0 Å². The van der Waals surface area contributed by atoms with E-state index < -0.39 is 0 Å². The van der Waals surface area contributed by atoms with Crippen molar-refractivity contribution in [1.82, 2.24) is 4.57 Å². The second-order valence-corrected chi connectivity index (χ2v) is 6.37. The number of aromatic nitrogens is 1. The number of hydrogen-bond acceptors (Lipinski definition) is 0. The Morgan fingerprint density at radius 3 is 2.65 bits per heavy atom. The second-order valence-electron chi connectivity index (χ2n) is 5.87. The lowest BCUT2D eigenvalue weighted by Crippen LogP contribution is -2.13. The number of hydrogen-bond donors (Lipinski definition) is 0. The van der Waals surface area contributed by atoms with Gasteiger partial charge in [-0.3, -0.25) is 0 Å². The van der Waals surface area contributed by atoms with Crippen molar-refractivity contribution in [3.63, 3.8) is 0 Å². The summed E-state index contributed by atoms with van der Waals surface area (Å²) < 4.78 is 2.34. The van der Waals surface area contributed by atoms with Crippen molar-refractivity contribution in [3.8, 4) is 11.3 Å². The molecular formula is C18H16NSi. The molecule has 1 aromatic heterocycles. The van der Waals surface area contributed by atoms with Gasteiger partial charge in [-0.25, -0.2) is 0 Å². The molecule has 3 aromatic rings. The van der Waals surface area contributed by atoms with E-state index >= 15 is 0 Å². The third-order valence-corrected chi connectivity index (χ3v) is 5.29. The van der Waals surface area contributed by atoms with E-state index in [2.05, 4.69) is 66.0 Å². The van der Waals surface area contributed by atoms with Crippen LogP contribution in [0.2, 0.25) is 0 Å². The van der Waals surface area contributed by atoms with Gasteiger partial charge in [0.1, 0.15) is 0 Å². The highest BCUT2D eigenvalue weighted by atomic mass is 28.1. The smallest absolute Gasteiger partial charge is 0.0719 e. The summed E-state index contributed by atoms with van der Waals surface area (Å²) in [5.41, 5.74) is 9.66. The van der Waals surface area contributed by atoms with E-state index in [1.807, 2.05) is 0 Å². The quantitative estimate of drug-likeness (QED) is 0.434. The Morgan fingerprint density at radius 2 is 1.85 bits per heavy atom. The van der Waals surface area contributed by atoms with Crippen molar-refractivity contribution in [3.05, 3.63) is 52.6 Å². The van der Waals surface area contributed by atoms with E-state index in [-0.39, 0.29) is 0 Å². The van der Waals surface area contributed by atoms with Crippen LogP contribution in [0.4, 0.5) is 0 Å². The van der Waals surface area contributed by atoms with Gasteiger partial charge in [0.05, 0.1) is 15.9 Å². The summed E-state index contributed by atoms with van der Waals surface area (Å²) in [6, 6.07) is 11.2. The number of benzene rings is 2. The van der Waals surface area contributed by atoms with Crippen LogP contribution in [-0.2, 0) is 13.5 Å². The predicted octanol–water partition coefficient (Wildman–Crippen LogP) is 3.16. The largest absolute Gasteiger partial charge is 0.343 e. The van der Waals surface area contributed by atoms with Crippen molar-refractivity contribution in [2.24, 2.45) is 7.05 Å². The Labute approximate surface area is 122 Å². The average molecular weight is 274 g/mol. The highest BCUT2D eigenvalue weighted by Gasteiger charge is 2.26. The van der Waals surface area contributed by atoms with Crippen molar-refractivity contribution >= 4 is 26.3 Å². The summed E-state index contributed by atoms with van der Waals surface area (Å²) in [5.74, 6) is 0. The molecule has 2 heteroatoms. The van der Waals surface area contributed by atoms with Gasteiger partial charge in [0.2, 0.25) is 0 Å². The fourth-order valence-electron chi connectivity index (χ4n) is 3.50. The summed E-state index contributed by atoms with van der Waals surface area (Å²) in [6.45, 7) is 4.33. The van der Waals surface area contributed by atoms with E-state index in [1.165, 1.54) is 49.6 Å². The van der Waals surface area contributed by atoms with Crippen molar-refractivity contribution in [2.75, 3.05) is 0 Å². The van der Waals surface area contributed by atoms with Gasteiger partial charge in [-0.1, -0.05) is 34.5 Å². The van der Waals surface area contributed by atoms with Gasteiger partial charge in [-0.05, 0) is 37.1 Å². The highest BCUT2D eigenvalue weighted by Crippen LogP contribution is 2.41. The molecule has 0 amide bonds. The molecule has 2 aromatic carbocycles. The van der Waals surface area contributed by atoms with Crippen LogP contribution in [0.3, 0.4) is 0 Å². The Bertz CT molecular complexity index is 871. The molecule has 0 spiro atoms. The van der Waals surface area contributed by atoms with Gasteiger partial charge in [-0.15, -0.1) is 0 Å². The molecule has 1 nitrogen and oxygen atoms in total. The van der Waals surface area contributed by atoms with Crippen LogP contribution in [0.25, 0.3) is 22.2 Å². The van der Waals surface area contributed by atoms with Gasteiger partial charge in [-0.2, -0.15) is 0 Å². The summed E-state index contributed by atoms with van der Waals surface area (Å²) in [7, 11) is 6.00. The number of nitrogens with zero attached hydrogens (tertiary/aromatic N) is 1. The van der Waals surface area contributed by atoms with E-state index in [0.717, 1.165) is 6.42 Å². The van der Waals surface area contributed by atoms with Crippen LogP contribution in [0, 0.1) is 13.8 Å². The van der Waals surface area contributed by atoms with E-state index in [4.69, 9.17) is 0 Å². The molecule has 0 atom stereocenters.